The summed E-state index contributed by atoms with van der Waals surface area (Å²) in [6.07, 6.45) is 1.24. The van der Waals surface area contributed by atoms with E-state index in [0.29, 0.717) is 24.5 Å². The van der Waals surface area contributed by atoms with E-state index < -0.39 is 0 Å². The molecule has 0 atom stereocenters. The van der Waals surface area contributed by atoms with Gasteiger partial charge >= 0.3 is 0 Å². The lowest BCUT2D eigenvalue weighted by molar-refractivity contribution is -0.107. The first-order valence-corrected chi connectivity index (χ1v) is 5.78. The molecule has 0 aromatic heterocycles. The van der Waals surface area contributed by atoms with Crippen molar-refractivity contribution < 1.29 is 9.53 Å². The number of aldehydes is 1. The Labute approximate surface area is 106 Å². The molecule has 0 heterocycles. The third-order valence-electron chi connectivity index (χ3n) is 2.63. The van der Waals surface area contributed by atoms with E-state index >= 15 is 0 Å². The summed E-state index contributed by atoms with van der Waals surface area (Å²) in [5.41, 5.74) is 8.42. The van der Waals surface area contributed by atoms with Crippen molar-refractivity contribution >= 4 is 12.0 Å². The highest BCUT2D eigenvalue weighted by molar-refractivity contribution is 5.60. The van der Waals surface area contributed by atoms with Gasteiger partial charge < -0.3 is 15.3 Å². The molecule has 92 valence electrons. The van der Waals surface area contributed by atoms with Crippen molar-refractivity contribution in [1.29, 1.82) is 0 Å². The normalized spacial score (nSPS) is 10.0. The van der Waals surface area contributed by atoms with E-state index in [9.17, 15) is 4.79 Å². The summed E-state index contributed by atoms with van der Waals surface area (Å²) in [7, 11) is 0. The number of anilines is 1. The molecule has 0 aliphatic heterocycles. The van der Waals surface area contributed by atoms with Gasteiger partial charge in [0.15, 0.2) is 0 Å². The van der Waals surface area contributed by atoms with Gasteiger partial charge in [-0.25, -0.2) is 0 Å². The second-order valence-electron chi connectivity index (χ2n) is 4.02. The second-order valence-corrected chi connectivity index (χ2v) is 4.02. The summed E-state index contributed by atoms with van der Waals surface area (Å²) < 4.78 is 5.64. The van der Waals surface area contributed by atoms with Crippen molar-refractivity contribution in [3.63, 3.8) is 0 Å². The standard InChI is InChI=1S/C15H15NO2/c16-14-10-12(8-9-17)6-7-15(14)18-11-13-4-2-1-3-5-13/h1-7,9-10H,8,11,16H2. The van der Waals surface area contributed by atoms with E-state index in [-0.39, 0.29) is 0 Å². The van der Waals surface area contributed by atoms with Gasteiger partial charge in [0.1, 0.15) is 18.6 Å². The molecular weight excluding hydrogens is 226 g/mol. The zero-order valence-corrected chi connectivity index (χ0v) is 10.0. The molecule has 0 aliphatic carbocycles. The highest BCUT2D eigenvalue weighted by Crippen LogP contribution is 2.23. The van der Waals surface area contributed by atoms with Crippen LogP contribution in [0.15, 0.2) is 48.5 Å². The molecule has 0 bridgehead atoms. The van der Waals surface area contributed by atoms with Gasteiger partial charge in [-0.3, -0.25) is 0 Å². The summed E-state index contributed by atoms with van der Waals surface area (Å²) in [4.78, 5) is 10.4. The van der Waals surface area contributed by atoms with E-state index in [1.165, 1.54) is 0 Å². The van der Waals surface area contributed by atoms with E-state index in [1.54, 1.807) is 12.1 Å². The highest BCUT2D eigenvalue weighted by Gasteiger charge is 2.02. The number of hydrogen-bond acceptors (Lipinski definition) is 3. The molecule has 0 unspecified atom stereocenters. The molecule has 18 heavy (non-hydrogen) atoms. The maximum Gasteiger partial charge on any atom is 0.142 e. The molecule has 0 fully saturated rings. The Morgan fingerprint density at radius 1 is 1.06 bits per heavy atom. The van der Waals surface area contributed by atoms with Crippen LogP contribution < -0.4 is 10.5 Å². The Hall–Kier alpha value is -2.29. The van der Waals surface area contributed by atoms with Crippen LogP contribution in [0.4, 0.5) is 5.69 Å². The number of nitrogens with two attached hydrogens (primary N) is 1. The fourth-order valence-corrected chi connectivity index (χ4v) is 1.69. The molecule has 0 saturated carbocycles. The summed E-state index contributed by atoms with van der Waals surface area (Å²) in [6, 6.07) is 15.3. The number of carbonyl (C=O) groups is 1. The monoisotopic (exact) mass is 241 g/mol. The molecule has 2 aromatic carbocycles. The van der Waals surface area contributed by atoms with Crippen LogP contribution in [-0.4, -0.2) is 6.29 Å². The van der Waals surface area contributed by atoms with Crippen LogP contribution in [0, 0.1) is 0 Å². The first kappa shape index (κ1) is 12.2. The van der Waals surface area contributed by atoms with Crippen molar-refractivity contribution in [3.05, 3.63) is 59.7 Å². The fraction of sp³-hybridized carbons (Fsp3) is 0.133. The van der Waals surface area contributed by atoms with Gasteiger partial charge in [0, 0.05) is 6.42 Å². The SMILES string of the molecule is Nc1cc(CC=O)ccc1OCc1ccccc1. The maximum atomic E-state index is 10.4. The third-order valence-corrected chi connectivity index (χ3v) is 2.63. The van der Waals surface area contributed by atoms with E-state index in [1.807, 2.05) is 36.4 Å². The molecule has 3 nitrogen and oxygen atoms in total. The van der Waals surface area contributed by atoms with Crippen molar-refractivity contribution in [2.24, 2.45) is 0 Å². The van der Waals surface area contributed by atoms with Gasteiger partial charge in [0.2, 0.25) is 0 Å². The van der Waals surface area contributed by atoms with Crippen LogP contribution in [0.1, 0.15) is 11.1 Å². The zero-order chi connectivity index (χ0) is 12.8. The first-order chi connectivity index (χ1) is 8.79. The van der Waals surface area contributed by atoms with Crippen LogP contribution in [0.25, 0.3) is 0 Å². The molecule has 0 spiro atoms. The topological polar surface area (TPSA) is 52.3 Å². The average molecular weight is 241 g/mol. The molecule has 0 amide bonds. The first-order valence-electron chi connectivity index (χ1n) is 5.78. The smallest absolute Gasteiger partial charge is 0.142 e. The summed E-state index contributed by atoms with van der Waals surface area (Å²) in [6.45, 7) is 0.484. The van der Waals surface area contributed by atoms with Gasteiger partial charge in [-0.1, -0.05) is 36.4 Å². The highest BCUT2D eigenvalue weighted by atomic mass is 16.5. The van der Waals surface area contributed by atoms with Crippen molar-refractivity contribution in [3.8, 4) is 5.75 Å². The second kappa shape index (κ2) is 5.87. The molecule has 3 heteroatoms. The Kier molecular flexibility index (Phi) is 3.97. The molecule has 2 aromatic rings. The Bertz CT molecular complexity index is 523. The number of benzene rings is 2. The molecule has 2 N–H and O–H groups in total. The average Bonchev–Trinajstić information content (AvgIpc) is 2.39. The van der Waals surface area contributed by atoms with E-state index in [4.69, 9.17) is 10.5 Å². The summed E-state index contributed by atoms with van der Waals surface area (Å²) in [5.74, 6) is 0.647. The zero-order valence-electron chi connectivity index (χ0n) is 10.0. The van der Waals surface area contributed by atoms with E-state index in [2.05, 4.69) is 0 Å². The quantitative estimate of drug-likeness (QED) is 0.646. The van der Waals surface area contributed by atoms with E-state index in [0.717, 1.165) is 17.4 Å². The third kappa shape index (κ3) is 3.10. The van der Waals surface area contributed by atoms with Gasteiger partial charge in [0.05, 0.1) is 5.69 Å². The van der Waals surface area contributed by atoms with Gasteiger partial charge in [-0.2, -0.15) is 0 Å². The van der Waals surface area contributed by atoms with Crippen molar-refractivity contribution in [1.82, 2.24) is 0 Å². The van der Waals surface area contributed by atoms with Crippen LogP contribution in [-0.2, 0) is 17.8 Å². The maximum absolute atomic E-state index is 10.4. The van der Waals surface area contributed by atoms with Gasteiger partial charge in [-0.05, 0) is 23.3 Å². The lowest BCUT2D eigenvalue weighted by Crippen LogP contribution is -1.99. The van der Waals surface area contributed by atoms with Crippen LogP contribution in [0.5, 0.6) is 5.75 Å². The van der Waals surface area contributed by atoms with Gasteiger partial charge in [0.25, 0.3) is 0 Å². The number of carbonyl (C=O) groups excluding carboxylic acids is 1. The Balaban J connectivity index is 2.03. The predicted octanol–water partition coefficient (Wildman–Crippen LogP) is 2.59. The Morgan fingerprint density at radius 3 is 2.50 bits per heavy atom. The van der Waals surface area contributed by atoms with Crippen molar-refractivity contribution in [2.75, 3.05) is 5.73 Å². The van der Waals surface area contributed by atoms with Crippen LogP contribution in [0.3, 0.4) is 0 Å². The summed E-state index contributed by atoms with van der Waals surface area (Å²) in [5, 5.41) is 0. The lowest BCUT2D eigenvalue weighted by atomic mass is 10.1. The summed E-state index contributed by atoms with van der Waals surface area (Å²) >= 11 is 0. The van der Waals surface area contributed by atoms with Crippen LogP contribution in [0.2, 0.25) is 0 Å². The molecule has 0 radical (unpaired) electrons. The molecule has 2 rings (SSSR count). The largest absolute Gasteiger partial charge is 0.487 e. The Morgan fingerprint density at radius 2 is 1.83 bits per heavy atom. The number of rotatable bonds is 5. The molecular formula is C15H15NO2. The number of ether oxygens (including phenoxy) is 1. The van der Waals surface area contributed by atoms with Crippen LogP contribution >= 0.6 is 0 Å². The predicted molar refractivity (Wildman–Crippen MR) is 71.4 cm³/mol. The molecule has 0 aliphatic rings. The molecule has 0 saturated heterocycles. The fourth-order valence-electron chi connectivity index (χ4n) is 1.69. The minimum Gasteiger partial charge on any atom is -0.487 e. The van der Waals surface area contributed by atoms with Gasteiger partial charge in [-0.15, -0.1) is 0 Å². The lowest BCUT2D eigenvalue weighted by Gasteiger charge is -2.09. The number of hydrogen-bond donors (Lipinski definition) is 1. The van der Waals surface area contributed by atoms with Crippen molar-refractivity contribution in [2.45, 2.75) is 13.0 Å². The minimum atomic E-state index is 0.378. The number of nitrogen functional groups attached to an aromatic ring is 1. The minimum absolute atomic E-state index is 0.378.